The fourth-order valence-corrected chi connectivity index (χ4v) is 3.32. The molecule has 1 aromatic carbocycles. The third-order valence-electron chi connectivity index (χ3n) is 2.56. The van der Waals surface area contributed by atoms with Gasteiger partial charge in [0.25, 0.3) is 0 Å². The van der Waals surface area contributed by atoms with E-state index in [2.05, 4.69) is 4.72 Å². The Morgan fingerprint density at radius 3 is 2.53 bits per heavy atom. The minimum Gasteiger partial charge on any atom is -0.207 e. The van der Waals surface area contributed by atoms with Crippen molar-refractivity contribution in [3.63, 3.8) is 0 Å². The third-order valence-corrected chi connectivity index (χ3v) is 5.02. The van der Waals surface area contributed by atoms with Gasteiger partial charge in [0.1, 0.15) is 0 Å². The van der Waals surface area contributed by atoms with Gasteiger partial charge >= 0.3 is 0 Å². The summed E-state index contributed by atoms with van der Waals surface area (Å²) in [5.74, 6) is 0.212. The molecule has 0 heterocycles. The first kappa shape index (κ1) is 14.8. The maximum atomic E-state index is 12.1. The summed E-state index contributed by atoms with van der Waals surface area (Å²) in [5.41, 5.74) is -0.650. The number of benzene rings is 1. The van der Waals surface area contributed by atoms with E-state index < -0.39 is 15.6 Å². The Bertz CT molecular complexity index is 484. The fourth-order valence-electron chi connectivity index (χ4n) is 1.21. The highest BCUT2D eigenvalue weighted by atomic mass is 35.5. The molecule has 0 aliphatic rings. The van der Waals surface area contributed by atoms with Gasteiger partial charge in [-0.15, -0.1) is 11.6 Å². The van der Waals surface area contributed by atoms with E-state index in [1.54, 1.807) is 19.1 Å². The van der Waals surface area contributed by atoms with Crippen molar-refractivity contribution >= 4 is 33.2 Å². The van der Waals surface area contributed by atoms with Crippen molar-refractivity contribution in [1.29, 1.82) is 0 Å². The molecule has 0 aliphatic heterocycles. The molecule has 3 nitrogen and oxygen atoms in total. The summed E-state index contributed by atoms with van der Waals surface area (Å²) in [7, 11) is -3.58. The largest absolute Gasteiger partial charge is 0.241 e. The van der Waals surface area contributed by atoms with Crippen LogP contribution in [0.2, 0.25) is 5.02 Å². The van der Waals surface area contributed by atoms with Gasteiger partial charge in [0, 0.05) is 16.4 Å². The Balaban J connectivity index is 3.05. The summed E-state index contributed by atoms with van der Waals surface area (Å²) in [6, 6.07) is 6.13. The minimum atomic E-state index is -3.58. The van der Waals surface area contributed by atoms with E-state index in [1.165, 1.54) is 12.1 Å². The molecule has 0 saturated heterocycles. The van der Waals surface area contributed by atoms with E-state index in [1.807, 2.05) is 6.92 Å². The minimum absolute atomic E-state index is 0.148. The van der Waals surface area contributed by atoms with Crippen LogP contribution >= 0.6 is 23.2 Å². The quantitative estimate of drug-likeness (QED) is 0.849. The molecule has 1 aromatic rings. The van der Waals surface area contributed by atoms with Crippen LogP contribution in [0.1, 0.15) is 20.3 Å². The highest BCUT2D eigenvalue weighted by Gasteiger charge is 2.28. The van der Waals surface area contributed by atoms with Crippen LogP contribution < -0.4 is 4.72 Å². The first-order chi connectivity index (χ1) is 7.83. The zero-order chi connectivity index (χ0) is 13.1. The maximum Gasteiger partial charge on any atom is 0.241 e. The van der Waals surface area contributed by atoms with Crippen molar-refractivity contribution < 1.29 is 8.42 Å². The molecule has 0 saturated carbocycles. The Hall–Kier alpha value is -0.290. The highest BCUT2D eigenvalue weighted by molar-refractivity contribution is 7.89. The van der Waals surface area contributed by atoms with Crippen LogP contribution in [0.25, 0.3) is 0 Å². The second-order valence-corrected chi connectivity index (χ2v) is 6.50. The molecule has 1 atom stereocenters. The van der Waals surface area contributed by atoms with Crippen molar-refractivity contribution in [1.82, 2.24) is 4.72 Å². The molecule has 0 fully saturated rings. The summed E-state index contributed by atoms with van der Waals surface area (Å²) in [4.78, 5) is 0.148. The molecule has 96 valence electrons. The first-order valence-electron chi connectivity index (χ1n) is 5.18. The second-order valence-electron chi connectivity index (χ2n) is 4.11. The Kier molecular flexibility index (Phi) is 4.84. The standard InChI is InChI=1S/C11H15Cl2NO2S/c1-3-11(2,8-12)14-17(15,16)10-6-4-5-9(13)7-10/h4-7,14H,3,8H2,1-2H3. The van der Waals surface area contributed by atoms with Crippen molar-refractivity contribution in [2.75, 3.05) is 5.88 Å². The van der Waals surface area contributed by atoms with Crippen LogP contribution in [0.3, 0.4) is 0 Å². The maximum absolute atomic E-state index is 12.1. The van der Waals surface area contributed by atoms with Crippen LogP contribution in [0, 0.1) is 0 Å². The second kappa shape index (κ2) is 5.57. The van der Waals surface area contributed by atoms with Gasteiger partial charge in [-0.3, -0.25) is 0 Å². The SMILES string of the molecule is CCC(C)(CCl)NS(=O)(=O)c1cccc(Cl)c1. The van der Waals surface area contributed by atoms with Gasteiger partial charge in [0.2, 0.25) is 10.0 Å². The zero-order valence-electron chi connectivity index (χ0n) is 9.70. The Morgan fingerprint density at radius 2 is 2.06 bits per heavy atom. The van der Waals surface area contributed by atoms with Gasteiger partial charge in [0.05, 0.1) is 4.90 Å². The molecule has 1 unspecified atom stereocenters. The average molecular weight is 296 g/mol. The number of hydrogen-bond acceptors (Lipinski definition) is 2. The first-order valence-corrected chi connectivity index (χ1v) is 7.58. The monoisotopic (exact) mass is 295 g/mol. The topological polar surface area (TPSA) is 46.2 Å². The van der Waals surface area contributed by atoms with Crippen LogP contribution in [-0.4, -0.2) is 19.8 Å². The molecule has 0 aliphatic carbocycles. The molecule has 6 heteroatoms. The fraction of sp³-hybridized carbons (Fsp3) is 0.455. The molecule has 1 N–H and O–H groups in total. The van der Waals surface area contributed by atoms with Gasteiger partial charge in [-0.1, -0.05) is 24.6 Å². The van der Waals surface area contributed by atoms with Crippen LogP contribution in [0.15, 0.2) is 29.2 Å². The molecular formula is C11H15Cl2NO2S. The summed E-state index contributed by atoms with van der Waals surface area (Å²) < 4.78 is 26.8. The number of nitrogens with one attached hydrogen (secondary N) is 1. The Labute approximate surface area is 112 Å². The number of hydrogen-bond donors (Lipinski definition) is 1. The van der Waals surface area contributed by atoms with Gasteiger partial charge in [-0.25, -0.2) is 13.1 Å². The normalized spacial score (nSPS) is 15.5. The lowest BCUT2D eigenvalue weighted by Crippen LogP contribution is -2.46. The number of alkyl halides is 1. The lowest BCUT2D eigenvalue weighted by molar-refractivity contribution is 0.444. The van der Waals surface area contributed by atoms with Crippen molar-refractivity contribution in [3.8, 4) is 0 Å². The van der Waals surface area contributed by atoms with E-state index in [-0.39, 0.29) is 10.8 Å². The van der Waals surface area contributed by atoms with Gasteiger partial charge in [0.15, 0.2) is 0 Å². The summed E-state index contributed by atoms with van der Waals surface area (Å²) in [6.07, 6.45) is 0.607. The summed E-state index contributed by atoms with van der Waals surface area (Å²) in [5, 5.41) is 0.386. The van der Waals surface area contributed by atoms with Crippen LogP contribution in [-0.2, 0) is 10.0 Å². The van der Waals surface area contributed by atoms with Gasteiger partial charge in [-0.05, 0) is 31.5 Å². The smallest absolute Gasteiger partial charge is 0.207 e. The predicted molar refractivity (Wildman–Crippen MR) is 71.2 cm³/mol. The van der Waals surface area contributed by atoms with E-state index in [4.69, 9.17) is 23.2 Å². The third kappa shape index (κ3) is 3.85. The number of sulfonamides is 1. The Morgan fingerprint density at radius 1 is 1.41 bits per heavy atom. The lowest BCUT2D eigenvalue weighted by atomic mass is 10.0. The molecule has 0 aromatic heterocycles. The molecule has 0 bridgehead atoms. The van der Waals surface area contributed by atoms with E-state index in [0.29, 0.717) is 11.4 Å². The van der Waals surface area contributed by atoms with Gasteiger partial charge in [-0.2, -0.15) is 0 Å². The molecule has 17 heavy (non-hydrogen) atoms. The van der Waals surface area contributed by atoms with Crippen LogP contribution in [0.5, 0.6) is 0 Å². The molecule has 1 rings (SSSR count). The van der Waals surface area contributed by atoms with Crippen molar-refractivity contribution in [2.45, 2.75) is 30.7 Å². The van der Waals surface area contributed by atoms with Crippen LogP contribution in [0.4, 0.5) is 0 Å². The predicted octanol–water partition coefficient (Wildman–Crippen LogP) is 3.03. The number of halogens is 2. The molecule has 0 amide bonds. The van der Waals surface area contributed by atoms with Gasteiger partial charge < -0.3 is 0 Å². The van der Waals surface area contributed by atoms with Crippen molar-refractivity contribution in [3.05, 3.63) is 29.3 Å². The zero-order valence-corrected chi connectivity index (χ0v) is 12.0. The highest BCUT2D eigenvalue weighted by Crippen LogP contribution is 2.19. The molecular weight excluding hydrogens is 281 g/mol. The summed E-state index contributed by atoms with van der Waals surface area (Å²) >= 11 is 11.6. The van der Waals surface area contributed by atoms with E-state index in [0.717, 1.165) is 0 Å². The molecule has 0 radical (unpaired) electrons. The molecule has 0 spiro atoms. The lowest BCUT2D eigenvalue weighted by Gasteiger charge is -2.26. The van der Waals surface area contributed by atoms with E-state index in [9.17, 15) is 8.42 Å². The average Bonchev–Trinajstić information content (AvgIpc) is 2.28. The number of rotatable bonds is 5. The van der Waals surface area contributed by atoms with Crippen molar-refractivity contribution in [2.24, 2.45) is 0 Å². The van der Waals surface area contributed by atoms with E-state index >= 15 is 0 Å². The summed E-state index contributed by atoms with van der Waals surface area (Å²) in [6.45, 7) is 3.64.